The number of carbonyl (C=O) groups excluding carboxylic acids is 2. The molecular formula is C20H28N2O7. The van der Waals surface area contributed by atoms with Crippen LogP contribution in [0.25, 0.3) is 0 Å². The average molecular weight is 408 g/mol. The number of nitrogen functional groups attached to an aromatic ring is 1. The van der Waals surface area contributed by atoms with E-state index in [-0.39, 0.29) is 18.4 Å². The summed E-state index contributed by atoms with van der Waals surface area (Å²) in [5.41, 5.74) is 6.31. The van der Waals surface area contributed by atoms with Gasteiger partial charge in [0.15, 0.2) is 0 Å². The fourth-order valence-electron chi connectivity index (χ4n) is 2.35. The van der Waals surface area contributed by atoms with Crippen LogP contribution in [0.2, 0.25) is 0 Å². The van der Waals surface area contributed by atoms with E-state index in [2.05, 4.69) is 0 Å². The Morgan fingerprint density at radius 1 is 0.655 bits per heavy atom. The summed E-state index contributed by atoms with van der Waals surface area (Å²) in [6.45, 7) is 4.17. The first kappa shape index (κ1) is 22.8. The predicted octanol–water partition coefficient (Wildman–Crippen LogP) is 0.639. The number of imide groups is 1. The van der Waals surface area contributed by atoms with Gasteiger partial charge in [-0.1, -0.05) is 0 Å². The van der Waals surface area contributed by atoms with Crippen LogP contribution in [0.1, 0.15) is 0 Å². The maximum absolute atomic E-state index is 11.3. The summed E-state index contributed by atoms with van der Waals surface area (Å²) in [5.74, 6) is 0.158. The molecule has 2 rings (SSSR count). The van der Waals surface area contributed by atoms with E-state index in [0.717, 1.165) is 10.6 Å². The highest BCUT2D eigenvalue weighted by Crippen LogP contribution is 2.12. The summed E-state index contributed by atoms with van der Waals surface area (Å²) in [6.07, 6.45) is 2.51. The van der Waals surface area contributed by atoms with E-state index in [9.17, 15) is 9.59 Å². The Bertz CT molecular complexity index is 631. The third-order valence-corrected chi connectivity index (χ3v) is 3.85. The summed E-state index contributed by atoms with van der Waals surface area (Å²) >= 11 is 0. The molecule has 0 spiro atoms. The third kappa shape index (κ3) is 9.53. The second kappa shape index (κ2) is 13.7. The van der Waals surface area contributed by atoms with Crippen LogP contribution in [-0.4, -0.2) is 82.7 Å². The highest BCUT2D eigenvalue weighted by Gasteiger charge is 2.22. The molecule has 1 aromatic carbocycles. The summed E-state index contributed by atoms with van der Waals surface area (Å²) < 4.78 is 27.0. The normalized spacial score (nSPS) is 13.4. The number of nitrogens with two attached hydrogens (primary N) is 1. The Balaban J connectivity index is 1.29. The molecule has 0 aliphatic carbocycles. The molecule has 9 heteroatoms. The van der Waals surface area contributed by atoms with E-state index >= 15 is 0 Å². The number of carbonyl (C=O) groups is 2. The fraction of sp³-hybridized carbons (Fsp3) is 0.500. The Hall–Kier alpha value is -2.46. The molecule has 1 aliphatic heterocycles. The number of benzene rings is 1. The number of nitrogens with zero attached hydrogens (tertiary/aromatic N) is 1. The van der Waals surface area contributed by atoms with Gasteiger partial charge in [0.1, 0.15) is 12.4 Å². The molecule has 0 radical (unpaired) electrons. The van der Waals surface area contributed by atoms with Crippen LogP contribution in [0.4, 0.5) is 5.69 Å². The number of hydrogen-bond donors (Lipinski definition) is 1. The van der Waals surface area contributed by atoms with Crippen molar-refractivity contribution in [2.24, 2.45) is 0 Å². The monoisotopic (exact) mass is 408 g/mol. The Labute approximate surface area is 170 Å². The van der Waals surface area contributed by atoms with Crippen LogP contribution >= 0.6 is 0 Å². The van der Waals surface area contributed by atoms with Gasteiger partial charge in [0.2, 0.25) is 0 Å². The first-order chi connectivity index (χ1) is 14.2. The first-order valence-corrected chi connectivity index (χ1v) is 9.49. The van der Waals surface area contributed by atoms with Crippen LogP contribution in [0.5, 0.6) is 5.75 Å². The molecule has 1 aliphatic rings. The van der Waals surface area contributed by atoms with Crippen LogP contribution in [0.3, 0.4) is 0 Å². The van der Waals surface area contributed by atoms with Crippen molar-refractivity contribution in [2.45, 2.75) is 0 Å². The van der Waals surface area contributed by atoms with Crippen molar-refractivity contribution >= 4 is 17.5 Å². The first-order valence-electron chi connectivity index (χ1n) is 9.49. The summed E-state index contributed by atoms with van der Waals surface area (Å²) in [6, 6.07) is 7.20. The summed E-state index contributed by atoms with van der Waals surface area (Å²) in [7, 11) is 0. The highest BCUT2D eigenvalue weighted by atomic mass is 16.6. The quantitative estimate of drug-likeness (QED) is 0.241. The molecule has 2 N–H and O–H groups in total. The molecule has 0 saturated heterocycles. The molecule has 0 fully saturated rings. The average Bonchev–Trinajstić information content (AvgIpc) is 3.04. The van der Waals surface area contributed by atoms with Gasteiger partial charge in [-0.2, -0.15) is 0 Å². The van der Waals surface area contributed by atoms with Gasteiger partial charge in [0.05, 0.1) is 59.4 Å². The molecular weight excluding hydrogens is 380 g/mol. The molecule has 2 amide bonds. The fourth-order valence-corrected chi connectivity index (χ4v) is 2.35. The molecule has 0 bridgehead atoms. The zero-order valence-electron chi connectivity index (χ0n) is 16.4. The number of rotatable bonds is 16. The topological polar surface area (TPSA) is 110 Å². The highest BCUT2D eigenvalue weighted by molar-refractivity contribution is 6.12. The smallest absolute Gasteiger partial charge is 0.253 e. The zero-order chi connectivity index (χ0) is 20.7. The van der Waals surface area contributed by atoms with E-state index in [1.807, 2.05) is 12.1 Å². The molecule has 9 nitrogen and oxygen atoms in total. The minimum Gasteiger partial charge on any atom is -0.491 e. The lowest BCUT2D eigenvalue weighted by atomic mass is 10.3. The van der Waals surface area contributed by atoms with Gasteiger partial charge in [-0.05, 0) is 24.3 Å². The van der Waals surface area contributed by atoms with Crippen molar-refractivity contribution in [1.82, 2.24) is 4.90 Å². The molecule has 0 saturated carbocycles. The lowest BCUT2D eigenvalue weighted by Gasteiger charge is -2.13. The number of amides is 2. The van der Waals surface area contributed by atoms with Crippen LogP contribution in [0, 0.1) is 0 Å². The standard InChI is InChI=1S/C20H28N2O7/c21-17-1-3-18(4-2-17)29-16-15-28-14-13-27-12-11-26-10-9-25-8-7-22-19(23)5-6-20(22)24/h1-6H,7-16,21H2. The van der Waals surface area contributed by atoms with Crippen molar-refractivity contribution in [1.29, 1.82) is 0 Å². The van der Waals surface area contributed by atoms with Crippen molar-refractivity contribution in [3.8, 4) is 5.75 Å². The van der Waals surface area contributed by atoms with Gasteiger partial charge in [-0.15, -0.1) is 0 Å². The molecule has 160 valence electrons. The van der Waals surface area contributed by atoms with Crippen molar-refractivity contribution in [3.63, 3.8) is 0 Å². The molecule has 0 aromatic heterocycles. The molecule has 29 heavy (non-hydrogen) atoms. The van der Waals surface area contributed by atoms with E-state index in [4.69, 9.17) is 29.4 Å². The second-order valence-corrected chi connectivity index (χ2v) is 6.03. The van der Waals surface area contributed by atoms with Crippen LogP contribution in [0.15, 0.2) is 36.4 Å². The lowest BCUT2D eigenvalue weighted by molar-refractivity contribution is -0.137. The van der Waals surface area contributed by atoms with E-state index in [0.29, 0.717) is 65.1 Å². The van der Waals surface area contributed by atoms with Crippen LogP contribution in [-0.2, 0) is 28.5 Å². The Morgan fingerprint density at radius 2 is 1.10 bits per heavy atom. The predicted molar refractivity (Wildman–Crippen MR) is 105 cm³/mol. The second-order valence-electron chi connectivity index (χ2n) is 6.03. The summed E-state index contributed by atoms with van der Waals surface area (Å²) in [5, 5.41) is 0. The van der Waals surface area contributed by atoms with E-state index in [1.54, 1.807) is 12.1 Å². The number of ether oxygens (including phenoxy) is 5. The molecule has 0 atom stereocenters. The zero-order valence-corrected chi connectivity index (χ0v) is 16.4. The van der Waals surface area contributed by atoms with Gasteiger partial charge in [-0.3, -0.25) is 14.5 Å². The van der Waals surface area contributed by atoms with Crippen molar-refractivity contribution < 1.29 is 33.3 Å². The van der Waals surface area contributed by atoms with Gasteiger partial charge < -0.3 is 29.4 Å². The number of hydrogen-bond acceptors (Lipinski definition) is 8. The molecule has 1 aromatic rings. The molecule has 0 unspecified atom stereocenters. The largest absolute Gasteiger partial charge is 0.491 e. The van der Waals surface area contributed by atoms with E-state index < -0.39 is 0 Å². The lowest BCUT2D eigenvalue weighted by Crippen LogP contribution is -2.33. The van der Waals surface area contributed by atoms with Crippen molar-refractivity contribution in [2.75, 3.05) is 71.7 Å². The van der Waals surface area contributed by atoms with Gasteiger partial charge >= 0.3 is 0 Å². The molecule has 1 heterocycles. The minimum atomic E-state index is -0.301. The number of anilines is 1. The maximum atomic E-state index is 11.3. The summed E-state index contributed by atoms with van der Waals surface area (Å²) in [4.78, 5) is 23.8. The van der Waals surface area contributed by atoms with E-state index in [1.165, 1.54) is 12.2 Å². The Morgan fingerprint density at radius 3 is 1.62 bits per heavy atom. The van der Waals surface area contributed by atoms with Gasteiger partial charge in [0.25, 0.3) is 11.8 Å². The van der Waals surface area contributed by atoms with Gasteiger partial charge in [-0.25, -0.2) is 0 Å². The minimum absolute atomic E-state index is 0.249. The SMILES string of the molecule is Nc1ccc(OCCOCCOCCOCCOCCN2C(=O)C=CC2=O)cc1. The maximum Gasteiger partial charge on any atom is 0.253 e. The van der Waals surface area contributed by atoms with Crippen molar-refractivity contribution in [3.05, 3.63) is 36.4 Å². The van der Waals surface area contributed by atoms with Gasteiger partial charge in [0, 0.05) is 17.8 Å². The Kier molecular flexibility index (Phi) is 10.8. The van der Waals surface area contributed by atoms with Crippen LogP contribution < -0.4 is 10.5 Å². The third-order valence-electron chi connectivity index (χ3n) is 3.85.